The number of carbonyl (C=O) groups excluding carboxylic acids is 1. The molecule has 3 N–H and O–H groups in total. The Kier molecular flexibility index (Phi) is 9.92. The number of aliphatic hydroxyl groups excluding tert-OH is 1. The van der Waals surface area contributed by atoms with Crippen LogP contribution < -0.4 is 10.1 Å². The normalized spacial score (nSPS) is 21.9. The van der Waals surface area contributed by atoms with Crippen LogP contribution in [0.2, 0.25) is 5.02 Å². The number of aromatic nitrogens is 2. The molecule has 0 spiro atoms. The molecule has 1 saturated carbocycles. The molecule has 16 heteroatoms. The number of nitrogens with zero attached hydrogens (tertiary/aromatic N) is 2. The SMILES string of the molecule is CCn1nc(C(=O)NC[C@]2(O)CC[C@H](S(C)(=O)=O)C[C@H]2O)c(Cl)c1-c1ccc(CC(C)(C)C(F)(F)F)cc1OC(F)F. The number of hydrogen-bond donors (Lipinski definition) is 3. The number of benzene rings is 1. The van der Waals surface area contributed by atoms with Crippen molar-refractivity contribution in [3.8, 4) is 17.0 Å². The second kappa shape index (κ2) is 12.2. The van der Waals surface area contributed by atoms with Crippen molar-refractivity contribution in [3.63, 3.8) is 0 Å². The average molecular weight is 646 g/mol. The second-order valence-electron chi connectivity index (χ2n) is 11.1. The van der Waals surface area contributed by atoms with Crippen molar-refractivity contribution in [2.45, 2.75) is 82.7 Å². The Labute approximate surface area is 244 Å². The number of halogens is 6. The highest BCUT2D eigenvalue weighted by atomic mass is 35.5. The van der Waals surface area contributed by atoms with E-state index in [2.05, 4.69) is 15.2 Å². The molecule has 3 atom stereocenters. The van der Waals surface area contributed by atoms with Crippen LogP contribution in [0.1, 0.15) is 56.1 Å². The first-order valence-electron chi connectivity index (χ1n) is 13.0. The molecule has 1 amide bonds. The third-order valence-corrected chi connectivity index (χ3v) is 9.50. The van der Waals surface area contributed by atoms with Crippen LogP contribution in [0.5, 0.6) is 5.75 Å². The molecule has 1 aliphatic carbocycles. The summed E-state index contributed by atoms with van der Waals surface area (Å²) in [6, 6.07) is 3.63. The molecule has 2 aromatic rings. The lowest BCUT2D eigenvalue weighted by Crippen LogP contribution is -2.56. The van der Waals surface area contributed by atoms with Crippen LogP contribution in [0.25, 0.3) is 11.3 Å². The molecular formula is C26H33ClF5N3O6S. The summed E-state index contributed by atoms with van der Waals surface area (Å²) in [5.74, 6) is -1.34. The molecule has 236 valence electrons. The molecule has 1 fully saturated rings. The summed E-state index contributed by atoms with van der Waals surface area (Å²) in [5, 5.41) is 26.8. The number of amides is 1. The zero-order chi connectivity index (χ0) is 31.8. The summed E-state index contributed by atoms with van der Waals surface area (Å²) in [6.07, 6.45) is -5.75. The molecule has 0 unspecified atom stereocenters. The van der Waals surface area contributed by atoms with Gasteiger partial charge in [0.2, 0.25) is 0 Å². The molecule has 1 aromatic heterocycles. The van der Waals surface area contributed by atoms with Crippen molar-refractivity contribution < 1.29 is 50.1 Å². The first-order valence-corrected chi connectivity index (χ1v) is 15.3. The van der Waals surface area contributed by atoms with Crippen molar-refractivity contribution >= 4 is 27.3 Å². The Morgan fingerprint density at radius 3 is 2.48 bits per heavy atom. The Morgan fingerprint density at radius 1 is 1.31 bits per heavy atom. The van der Waals surface area contributed by atoms with E-state index >= 15 is 0 Å². The van der Waals surface area contributed by atoms with Gasteiger partial charge in [0.05, 0.1) is 27.5 Å². The van der Waals surface area contributed by atoms with Gasteiger partial charge in [0.1, 0.15) is 21.2 Å². The van der Waals surface area contributed by atoms with Gasteiger partial charge in [-0.3, -0.25) is 9.48 Å². The summed E-state index contributed by atoms with van der Waals surface area (Å²) in [6.45, 7) is -0.0854. The molecule has 0 saturated heterocycles. The van der Waals surface area contributed by atoms with E-state index < -0.39 is 69.6 Å². The lowest BCUT2D eigenvalue weighted by atomic mass is 9.82. The second-order valence-corrected chi connectivity index (χ2v) is 13.8. The van der Waals surface area contributed by atoms with Crippen LogP contribution in [-0.4, -0.2) is 76.9 Å². The topological polar surface area (TPSA) is 131 Å². The predicted octanol–water partition coefficient (Wildman–Crippen LogP) is 4.37. The summed E-state index contributed by atoms with van der Waals surface area (Å²) in [7, 11) is -3.45. The van der Waals surface area contributed by atoms with E-state index in [4.69, 9.17) is 11.6 Å². The van der Waals surface area contributed by atoms with Crippen molar-refractivity contribution in [1.82, 2.24) is 15.1 Å². The molecule has 3 rings (SSSR count). The van der Waals surface area contributed by atoms with Gasteiger partial charge in [-0.05, 0) is 50.3 Å². The smallest absolute Gasteiger partial charge is 0.394 e. The van der Waals surface area contributed by atoms with Gasteiger partial charge in [-0.15, -0.1) is 0 Å². The van der Waals surface area contributed by atoms with Crippen LogP contribution in [-0.2, 0) is 22.8 Å². The van der Waals surface area contributed by atoms with E-state index in [1.807, 2.05) is 0 Å². The Bertz CT molecular complexity index is 1420. The van der Waals surface area contributed by atoms with Gasteiger partial charge in [0.15, 0.2) is 5.69 Å². The quantitative estimate of drug-likeness (QED) is 0.327. The van der Waals surface area contributed by atoms with E-state index in [1.165, 1.54) is 16.8 Å². The third kappa shape index (κ3) is 7.34. The van der Waals surface area contributed by atoms with Gasteiger partial charge < -0.3 is 20.3 Å². The minimum Gasteiger partial charge on any atom is -0.434 e. The molecule has 1 aromatic carbocycles. The van der Waals surface area contributed by atoms with Gasteiger partial charge in [-0.25, -0.2) is 8.42 Å². The summed E-state index contributed by atoms with van der Waals surface area (Å²) in [4.78, 5) is 13.0. The fourth-order valence-corrected chi connectivity index (χ4v) is 6.22. The van der Waals surface area contributed by atoms with E-state index in [-0.39, 0.29) is 53.3 Å². The van der Waals surface area contributed by atoms with Gasteiger partial charge in [-0.1, -0.05) is 31.5 Å². The number of aryl methyl sites for hydroxylation is 1. The highest BCUT2D eigenvalue weighted by Gasteiger charge is 2.47. The number of sulfone groups is 1. The van der Waals surface area contributed by atoms with Crippen LogP contribution in [0.15, 0.2) is 18.2 Å². The highest BCUT2D eigenvalue weighted by molar-refractivity contribution is 7.91. The van der Waals surface area contributed by atoms with Crippen molar-refractivity contribution in [3.05, 3.63) is 34.5 Å². The van der Waals surface area contributed by atoms with Crippen molar-refractivity contribution in [2.24, 2.45) is 5.41 Å². The summed E-state index contributed by atoms with van der Waals surface area (Å²) in [5.41, 5.74) is -4.30. The van der Waals surface area contributed by atoms with Gasteiger partial charge in [-0.2, -0.15) is 27.1 Å². The zero-order valence-electron chi connectivity index (χ0n) is 23.3. The van der Waals surface area contributed by atoms with Crippen molar-refractivity contribution in [2.75, 3.05) is 12.8 Å². The first-order chi connectivity index (χ1) is 19.2. The molecule has 0 radical (unpaired) electrons. The lowest BCUT2D eigenvalue weighted by Gasteiger charge is -2.39. The van der Waals surface area contributed by atoms with Crippen molar-refractivity contribution in [1.29, 1.82) is 0 Å². The Morgan fingerprint density at radius 2 is 1.95 bits per heavy atom. The lowest BCUT2D eigenvalue weighted by molar-refractivity contribution is -0.211. The minimum atomic E-state index is -4.56. The average Bonchev–Trinajstić information content (AvgIpc) is 3.18. The maximum Gasteiger partial charge on any atom is 0.394 e. The van der Waals surface area contributed by atoms with E-state index in [0.29, 0.717) is 0 Å². The number of nitrogens with one attached hydrogen (secondary N) is 1. The fourth-order valence-electron chi connectivity index (χ4n) is 4.82. The number of ether oxygens (including phenoxy) is 1. The molecule has 0 bridgehead atoms. The molecule has 1 aliphatic rings. The van der Waals surface area contributed by atoms with Gasteiger partial charge in [0.25, 0.3) is 5.91 Å². The Hall–Kier alpha value is -2.49. The third-order valence-electron chi connectivity index (χ3n) is 7.51. The summed E-state index contributed by atoms with van der Waals surface area (Å²) < 4.78 is 96.4. The number of alkyl halides is 5. The highest BCUT2D eigenvalue weighted by Crippen LogP contribution is 2.43. The molecular weight excluding hydrogens is 613 g/mol. The predicted molar refractivity (Wildman–Crippen MR) is 144 cm³/mol. The number of rotatable bonds is 10. The van der Waals surface area contributed by atoms with Crippen LogP contribution >= 0.6 is 11.6 Å². The molecule has 0 aliphatic heterocycles. The molecule has 42 heavy (non-hydrogen) atoms. The first kappa shape index (κ1) is 34.0. The monoisotopic (exact) mass is 645 g/mol. The van der Waals surface area contributed by atoms with E-state index in [1.54, 1.807) is 6.92 Å². The number of hydrogen-bond acceptors (Lipinski definition) is 7. The van der Waals surface area contributed by atoms with Crippen LogP contribution in [0, 0.1) is 5.41 Å². The fraction of sp³-hybridized carbons (Fsp3) is 0.615. The standard InChI is InChI=1S/C26H33ClF5N3O6S/c1-5-35-21(16-7-6-14(10-17(16)41-23(28)29)12-24(2,3)26(30,31)32)19(27)20(34-35)22(37)33-13-25(38)9-8-15(11-18(25)36)42(4,39)40/h6-7,10,15,18,23,36,38H,5,8-9,11-13H2,1-4H3,(H,33,37)/t15-,18+,25+/m0/s1. The van der Waals surface area contributed by atoms with E-state index in [9.17, 15) is 45.4 Å². The molecule has 9 nitrogen and oxygen atoms in total. The maximum absolute atomic E-state index is 13.4. The van der Waals surface area contributed by atoms with Gasteiger partial charge >= 0.3 is 12.8 Å². The maximum atomic E-state index is 13.4. The van der Waals surface area contributed by atoms with E-state index in [0.717, 1.165) is 26.2 Å². The number of carbonyl (C=O) groups is 1. The Balaban J connectivity index is 1.91. The van der Waals surface area contributed by atoms with Crippen LogP contribution in [0.4, 0.5) is 22.0 Å². The zero-order valence-corrected chi connectivity index (χ0v) is 24.9. The minimum absolute atomic E-state index is 0.00555. The molecule has 1 heterocycles. The van der Waals surface area contributed by atoms with Gasteiger partial charge in [0, 0.05) is 24.9 Å². The largest absolute Gasteiger partial charge is 0.434 e. The number of aliphatic hydroxyl groups is 2. The van der Waals surface area contributed by atoms with Crippen LogP contribution in [0.3, 0.4) is 0 Å². The summed E-state index contributed by atoms with van der Waals surface area (Å²) >= 11 is 6.49.